The fourth-order valence-electron chi connectivity index (χ4n) is 3.29. The molecule has 2 aromatic rings. The fraction of sp³-hybridized carbons (Fsp3) is 0.429. The quantitative estimate of drug-likeness (QED) is 0.793. The Balaban J connectivity index is 1.57. The zero-order valence-electron chi connectivity index (χ0n) is 16.1. The third-order valence-electron chi connectivity index (χ3n) is 4.64. The first-order chi connectivity index (χ1) is 13.2. The van der Waals surface area contributed by atoms with E-state index in [0.717, 1.165) is 67.1 Å². The summed E-state index contributed by atoms with van der Waals surface area (Å²) in [5, 5.41) is 4.13. The maximum atomic E-state index is 5.69. The average molecular weight is 385 g/mol. The minimum Gasteiger partial charge on any atom is -0.492 e. The summed E-state index contributed by atoms with van der Waals surface area (Å²) in [4.78, 5) is 9.34. The maximum Gasteiger partial charge on any atom is 0.173 e. The van der Waals surface area contributed by atoms with E-state index in [4.69, 9.17) is 17.0 Å². The number of pyridine rings is 1. The van der Waals surface area contributed by atoms with Gasteiger partial charge in [-0.1, -0.05) is 18.2 Å². The van der Waals surface area contributed by atoms with Gasteiger partial charge in [-0.25, -0.2) is 0 Å². The van der Waals surface area contributed by atoms with Crippen LogP contribution in [0.4, 0.5) is 5.69 Å². The van der Waals surface area contributed by atoms with Gasteiger partial charge in [0.05, 0.1) is 18.0 Å². The standard InChI is InChI=1S/C21H28N4OS/c1-3-26-20-11-5-4-10-19(20)23-21(27)25-13-7-12-24(14-15-25)16-18-9-6-8-17(2)22-18/h4-6,8-11H,3,7,12-16H2,1-2H3,(H,23,27). The summed E-state index contributed by atoms with van der Waals surface area (Å²) in [6.45, 7) is 9.46. The van der Waals surface area contributed by atoms with Crippen molar-refractivity contribution < 1.29 is 4.74 Å². The van der Waals surface area contributed by atoms with Crippen LogP contribution in [-0.2, 0) is 6.54 Å². The second-order valence-electron chi connectivity index (χ2n) is 6.75. The summed E-state index contributed by atoms with van der Waals surface area (Å²) >= 11 is 5.67. The normalized spacial score (nSPS) is 15.3. The first kappa shape index (κ1) is 19.6. The van der Waals surface area contributed by atoms with Crippen molar-refractivity contribution in [3.63, 3.8) is 0 Å². The number of aryl methyl sites for hydroxylation is 1. The molecule has 0 aliphatic carbocycles. The fourth-order valence-corrected chi connectivity index (χ4v) is 3.59. The number of anilines is 1. The molecule has 0 atom stereocenters. The highest BCUT2D eigenvalue weighted by Gasteiger charge is 2.18. The van der Waals surface area contributed by atoms with Crippen LogP contribution >= 0.6 is 12.2 Å². The van der Waals surface area contributed by atoms with E-state index in [-0.39, 0.29) is 0 Å². The second kappa shape index (κ2) is 9.67. The Morgan fingerprint density at radius 1 is 1.11 bits per heavy atom. The number of ether oxygens (including phenoxy) is 1. The van der Waals surface area contributed by atoms with Gasteiger partial charge in [-0.3, -0.25) is 9.88 Å². The predicted molar refractivity (Wildman–Crippen MR) is 114 cm³/mol. The summed E-state index contributed by atoms with van der Waals surface area (Å²) < 4.78 is 5.69. The zero-order valence-corrected chi connectivity index (χ0v) is 17.0. The van der Waals surface area contributed by atoms with Crippen LogP contribution in [0.3, 0.4) is 0 Å². The van der Waals surface area contributed by atoms with Crippen molar-refractivity contribution >= 4 is 23.0 Å². The second-order valence-corrected chi connectivity index (χ2v) is 7.13. The third-order valence-corrected chi connectivity index (χ3v) is 5.00. The number of nitrogens with zero attached hydrogens (tertiary/aromatic N) is 3. The van der Waals surface area contributed by atoms with Gasteiger partial charge in [0, 0.05) is 38.4 Å². The lowest BCUT2D eigenvalue weighted by molar-refractivity contribution is 0.275. The van der Waals surface area contributed by atoms with Crippen LogP contribution in [0, 0.1) is 6.92 Å². The molecule has 1 aromatic heterocycles. The molecule has 3 rings (SSSR count). The van der Waals surface area contributed by atoms with Crippen LogP contribution < -0.4 is 10.1 Å². The Bertz CT molecular complexity index is 767. The van der Waals surface area contributed by atoms with Crippen molar-refractivity contribution in [2.45, 2.75) is 26.8 Å². The van der Waals surface area contributed by atoms with Crippen molar-refractivity contribution in [1.29, 1.82) is 0 Å². The molecule has 0 bridgehead atoms. The van der Waals surface area contributed by atoms with Crippen molar-refractivity contribution in [1.82, 2.24) is 14.8 Å². The van der Waals surface area contributed by atoms with Crippen LogP contribution in [0.1, 0.15) is 24.7 Å². The number of hydrogen-bond donors (Lipinski definition) is 1. The van der Waals surface area contributed by atoms with E-state index < -0.39 is 0 Å². The van der Waals surface area contributed by atoms with E-state index in [9.17, 15) is 0 Å². The molecule has 0 amide bonds. The van der Waals surface area contributed by atoms with Gasteiger partial charge in [-0.2, -0.15) is 0 Å². The highest BCUT2D eigenvalue weighted by atomic mass is 32.1. The topological polar surface area (TPSA) is 40.6 Å². The number of aromatic nitrogens is 1. The molecule has 144 valence electrons. The van der Waals surface area contributed by atoms with Crippen molar-refractivity contribution in [2.24, 2.45) is 0 Å². The highest BCUT2D eigenvalue weighted by molar-refractivity contribution is 7.80. The monoisotopic (exact) mass is 384 g/mol. The number of nitrogens with one attached hydrogen (secondary N) is 1. The Morgan fingerprint density at radius 2 is 1.96 bits per heavy atom. The number of rotatable bonds is 5. The predicted octanol–water partition coefficient (Wildman–Crippen LogP) is 3.69. The molecule has 0 saturated carbocycles. The SMILES string of the molecule is CCOc1ccccc1NC(=S)N1CCCN(Cc2cccc(C)n2)CC1. The summed E-state index contributed by atoms with van der Waals surface area (Å²) in [6.07, 6.45) is 1.08. The van der Waals surface area contributed by atoms with Gasteiger partial charge < -0.3 is 15.0 Å². The van der Waals surface area contributed by atoms with Gasteiger partial charge in [-0.05, 0) is 56.8 Å². The smallest absolute Gasteiger partial charge is 0.173 e. The summed E-state index contributed by atoms with van der Waals surface area (Å²) in [6, 6.07) is 14.2. The first-order valence-corrected chi connectivity index (χ1v) is 9.99. The van der Waals surface area contributed by atoms with E-state index in [2.05, 4.69) is 32.2 Å². The van der Waals surface area contributed by atoms with Gasteiger partial charge in [0.25, 0.3) is 0 Å². The Hall–Kier alpha value is -2.18. The molecule has 1 aromatic carbocycles. The minimum absolute atomic E-state index is 0.636. The van der Waals surface area contributed by atoms with Crippen LogP contribution in [0.15, 0.2) is 42.5 Å². The van der Waals surface area contributed by atoms with E-state index in [1.165, 1.54) is 0 Å². The minimum atomic E-state index is 0.636. The van der Waals surface area contributed by atoms with E-state index >= 15 is 0 Å². The van der Waals surface area contributed by atoms with E-state index in [0.29, 0.717) is 6.61 Å². The van der Waals surface area contributed by atoms with E-state index in [1.54, 1.807) is 0 Å². The van der Waals surface area contributed by atoms with Crippen LogP contribution in [0.5, 0.6) is 5.75 Å². The zero-order chi connectivity index (χ0) is 19.1. The molecule has 0 unspecified atom stereocenters. The van der Waals surface area contributed by atoms with Gasteiger partial charge in [0.1, 0.15) is 5.75 Å². The molecule has 2 heterocycles. The molecular formula is C21H28N4OS. The Kier molecular flexibility index (Phi) is 7.01. The average Bonchev–Trinajstić information content (AvgIpc) is 2.89. The number of para-hydroxylation sites is 2. The van der Waals surface area contributed by atoms with E-state index in [1.807, 2.05) is 44.2 Å². The molecule has 0 spiro atoms. The molecule has 0 radical (unpaired) electrons. The van der Waals surface area contributed by atoms with Gasteiger partial charge in [-0.15, -0.1) is 0 Å². The molecule has 1 aliphatic heterocycles. The third kappa shape index (κ3) is 5.65. The molecule has 1 N–H and O–H groups in total. The number of hydrogen-bond acceptors (Lipinski definition) is 4. The van der Waals surface area contributed by atoms with Gasteiger partial charge in [0.2, 0.25) is 0 Å². The van der Waals surface area contributed by atoms with Crippen LogP contribution in [-0.4, -0.2) is 52.7 Å². The lowest BCUT2D eigenvalue weighted by Gasteiger charge is -2.25. The molecule has 1 fully saturated rings. The maximum absolute atomic E-state index is 5.69. The lowest BCUT2D eigenvalue weighted by atomic mass is 10.3. The summed E-state index contributed by atoms with van der Waals surface area (Å²) in [5.74, 6) is 0.837. The summed E-state index contributed by atoms with van der Waals surface area (Å²) in [7, 11) is 0. The number of benzene rings is 1. The number of thiocarbonyl (C=S) groups is 1. The van der Waals surface area contributed by atoms with Crippen LogP contribution in [0.25, 0.3) is 0 Å². The Labute approximate surface area is 167 Å². The molecule has 27 heavy (non-hydrogen) atoms. The largest absolute Gasteiger partial charge is 0.492 e. The van der Waals surface area contributed by atoms with Crippen molar-refractivity contribution in [3.05, 3.63) is 53.9 Å². The molecule has 5 nitrogen and oxygen atoms in total. The lowest BCUT2D eigenvalue weighted by Crippen LogP contribution is -2.37. The van der Waals surface area contributed by atoms with Gasteiger partial charge in [0.15, 0.2) is 5.11 Å². The van der Waals surface area contributed by atoms with Crippen LogP contribution in [0.2, 0.25) is 0 Å². The molecule has 1 aliphatic rings. The first-order valence-electron chi connectivity index (χ1n) is 9.58. The molecule has 6 heteroatoms. The van der Waals surface area contributed by atoms with Gasteiger partial charge >= 0.3 is 0 Å². The van der Waals surface area contributed by atoms with Crippen molar-refractivity contribution in [3.8, 4) is 5.75 Å². The highest BCUT2D eigenvalue weighted by Crippen LogP contribution is 2.24. The molecule has 1 saturated heterocycles. The van der Waals surface area contributed by atoms with Crippen molar-refractivity contribution in [2.75, 3.05) is 38.1 Å². The Morgan fingerprint density at radius 3 is 2.78 bits per heavy atom. The molecular weight excluding hydrogens is 356 g/mol. The summed E-state index contributed by atoms with van der Waals surface area (Å²) in [5.41, 5.74) is 3.13.